The van der Waals surface area contributed by atoms with Crippen molar-refractivity contribution >= 4 is 38.8 Å². The molecule has 0 spiro atoms. The first-order valence-corrected chi connectivity index (χ1v) is 11.7. The molecule has 2 N–H and O–H groups in total. The highest BCUT2D eigenvalue weighted by molar-refractivity contribution is 7.20. The number of thiophene rings is 1. The van der Waals surface area contributed by atoms with Crippen LogP contribution in [-0.2, 0) is 6.18 Å². The Morgan fingerprint density at radius 1 is 1.09 bits per heavy atom. The molecule has 1 fully saturated rings. The summed E-state index contributed by atoms with van der Waals surface area (Å²) in [5.41, 5.74) is 0.523. The van der Waals surface area contributed by atoms with Gasteiger partial charge in [-0.1, -0.05) is 18.2 Å². The Morgan fingerprint density at radius 2 is 1.85 bits per heavy atom. The number of pyridine rings is 1. The van der Waals surface area contributed by atoms with Crippen LogP contribution in [0, 0.1) is 6.92 Å². The number of imidazole rings is 1. The molecular formula is C24H23F3N4OS. The molecule has 1 amide bonds. The Kier molecular flexibility index (Phi) is 5.52. The molecule has 0 atom stereocenters. The second-order valence-corrected chi connectivity index (χ2v) is 9.67. The summed E-state index contributed by atoms with van der Waals surface area (Å²) in [6, 6.07) is 13.3. The SMILES string of the molecule is Cc1ccc2cc(C(=O)N[C@H]3CC[C@@H](Nc4cccc5nc(C(F)(F)F)cn45)CC3)sc2c1. The fourth-order valence-electron chi connectivity index (χ4n) is 4.36. The minimum atomic E-state index is -4.48. The minimum Gasteiger partial charge on any atom is -0.368 e. The molecule has 0 unspecified atom stereocenters. The predicted molar refractivity (Wildman–Crippen MR) is 124 cm³/mol. The number of hydrogen-bond donors (Lipinski definition) is 2. The first kappa shape index (κ1) is 21.8. The molecule has 9 heteroatoms. The molecule has 4 aromatic rings. The van der Waals surface area contributed by atoms with E-state index in [0.29, 0.717) is 10.7 Å². The van der Waals surface area contributed by atoms with Crippen LogP contribution in [0.4, 0.5) is 19.0 Å². The third-order valence-electron chi connectivity index (χ3n) is 6.10. The lowest BCUT2D eigenvalue weighted by atomic mass is 9.91. The standard InChI is InChI=1S/C24H23F3N4OS/c1-14-5-6-15-12-19(33-18(15)11-14)23(32)29-17-9-7-16(8-10-17)28-21-3-2-4-22-30-20(13-31(21)22)24(25,26)27/h2-6,11-13,16-17,28H,7-10H2,1H3,(H,29,32)/t16-,17+. The highest BCUT2D eigenvalue weighted by atomic mass is 32.1. The van der Waals surface area contributed by atoms with Crippen LogP contribution in [-0.4, -0.2) is 27.4 Å². The summed E-state index contributed by atoms with van der Waals surface area (Å²) in [6.45, 7) is 2.04. The summed E-state index contributed by atoms with van der Waals surface area (Å²) in [7, 11) is 0. The van der Waals surface area contributed by atoms with Crippen molar-refractivity contribution in [3.63, 3.8) is 0 Å². The van der Waals surface area contributed by atoms with Crippen LogP contribution in [0.15, 0.2) is 48.7 Å². The third-order valence-corrected chi connectivity index (χ3v) is 7.19. The van der Waals surface area contributed by atoms with Crippen LogP contribution in [0.5, 0.6) is 0 Å². The van der Waals surface area contributed by atoms with E-state index in [9.17, 15) is 18.0 Å². The van der Waals surface area contributed by atoms with Crippen LogP contribution >= 0.6 is 11.3 Å². The maximum Gasteiger partial charge on any atom is 0.434 e. The number of amides is 1. The molecule has 1 aliphatic rings. The molecule has 5 nitrogen and oxygen atoms in total. The van der Waals surface area contributed by atoms with E-state index in [1.54, 1.807) is 18.2 Å². The Balaban J connectivity index is 1.20. The summed E-state index contributed by atoms with van der Waals surface area (Å²) in [5, 5.41) is 7.59. The molecule has 0 aliphatic heterocycles. The summed E-state index contributed by atoms with van der Waals surface area (Å²) in [4.78, 5) is 17.1. The maximum absolute atomic E-state index is 13.0. The summed E-state index contributed by atoms with van der Waals surface area (Å²) in [6.07, 6.45) is -0.216. The van der Waals surface area contributed by atoms with Gasteiger partial charge in [-0.05, 0) is 67.8 Å². The quantitative estimate of drug-likeness (QED) is 0.381. The Bertz CT molecular complexity index is 1320. The van der Waals surface area contributed by atoms with E-state index >= 15 is 0 Å². The zero-order chi connectivity index (χ0) is 23.2. The lowest BCUT2D eigenvalue weighted by molar-refractivity contribution is -0.140. The number of aromatic nitrogens is 2. The van der Waals surface area contributed by atoms with Crippen molar-refractivity contribution in [2.75, 3.05) is 5.32 Å². The van der Waals surface area contributed by atoms with Gasteiger partial charge in [0.2, 0.25) is 0 Å². The number of benzene rings is 1. The zero-order valence-corrected chi connectivity index (χ0v) is 18.8. The number of rotatable bonds is 4. The van der Waals surface area contributed by atoms with Crippen molar-refractivity contribution in [3.8, 4) is 0 Å². The highest BCUT2D eigenvalue weighted by Gasteiger charge is 2.34. The molecule has 172 valence electrons. The van der Waals surface area contributed by atoms with Gasteiger partial charge in [-0.3, -0.25) is 9.20 Å². The molecular weight excluding hydrogens is 449 g/mol. The predicted octanol–water partition coefficient (Wildman–Crippen LogP) is 6.03. The smallest absolute Gasteiger partial charge is 0.368 e. The van der Waals surface area contributed by atoms with E-state index in [1.807, 2.05) is 25.1 Å². The highest BCUT2D eigenvalue weighted by Crippen LogP contribution is 2.31. The second kappa shape index (κ2) is 8.37. The van der Waals surface area contributed by atoms with E-state index in [2.05, 4.69) is 21.7 Å². The van der Waals surface area contributed by atoms with E-state index in [-0.39, 0.29) is 23.6 Å². The normalized spacial score (nSPS) is 19.2. The van der Waals surface area contributed by atoms with Gasteiger partial charge < -0.3 is 10.6 Å². The Morgan fingerprint density at radius 3 is 2.61 bits per heavy atom. The fourth-order valence-corrected chi connectivity index (χ4v) is 5.43. The molecule has 0 radical (unpaired) electrons. The molecule has 5 rings (SSSR count). The van der Waals surface area contributed by atoms with E-state index in [1.165, 1.54) is 21.3 Å². The first-order chi connectivity index (χ1) is 15.8. The minimum absolute atomic E-state index is 0.0480. The number of carbonyl (C=O) groups is 1. The largest absolute Gasteiger partial charge is 0.434 e. The van der Waals surface area contributed by atoms with Crippen LogP contribution in [0.3, 0.4) is 0 Å². The lowest BCUT2D eigenvalue weighted by Crippen LogP contribution is -2.40. The van der Waals surface area contributed by atoms with Gasteiger partial charge in [0, 0.05) is 23.0 Å². The van der Waals surface area contributed by atoms with Gasteiger partial charge in [0.05, 0.1) is 4.88 Å². The number of nitrogens with zero attached hydrogens (tertiary/aromatic N) is 2. The number of halogens is 3. The number of fused-ring (bicyclic) bond motifs is 2. The molecule has 33 heavy (non-hydrogen) atoms. The molecule has 1 aromatic carbocycles. The number of nitrogens with one attached hydrogen (secondary N) is 2. The number of carbonyl (C=O) groups excluding carboxylic acids is 1. The maximum atomic E-state index is 13.0. The fraction of sp³-hybridized carbons (Fsp3) is 0.333. The van der Waals surface area contributed by atoms with Gasteiger partial charge in [0.1, 0.15) is 11.5 Å². The van der Waals surface area contributed by atoms with Crippen molar-refractivity contribution in [2.45, 2.75) is 50.9 Å². The van der Waals surface area contributed by atoms with Crippen LogP contribution < -0.4 is 10.6 Å². The van der Waals surface area contributed by atoms with Gasteiger partial charge in [0.15, 0.2) is 5.69 Å². The number of hydrogen-bond acceptors (Lipinski definition) is 4. The topological polar surface area (TPSA) is 58.4 Å². The number of aryl methyl sites for hydroxylation is 1. The average Bonchev–Trinajstić information content (AvgIpc) is 3.39. The van der Waals surface area contributed by atoms with E-state index < -0.39 is 11.9 Å². The van der Waals surface area contributed by atoms with Crippen molar-refractivity contribution < 1.29 is 18.0 Å². The van der Waals surface area contributed by atoms with Crippen LogP contribution in [0.1, 0.15) is 46.6 Å². The molecule has 0 bridgehead atoms. The number of alkyl halides is 3. The van der Waals surface area contributed by atoms with Gasteiger partial charge in [-0.25, -0.2) is 4.98 Å². The zero-order valence-electron chi connectivity index (χ0n) is 17.9. The summed E-state index contributed by atoms with van der Waals surface area (Å²) >= 11 is 1.50. The van der Waals surface area contributed by atoms with Crippen molar-refractivity contribution in [1.29, 1.82) is 0 Å². The van der Waals surface area contributed by atoms with Crippen molar-refractivity contribution in [2.24, 2.45) is 0 Å². The van der Waals surface area contributed by atoms with E-state index in [0.717, 1.165) is 42.0 Å². The Hall–Kier alpha value is -3.07. The Labute approximate surface area is 192 Å². The third kappa shape index (κ3) is 4.55. The van der Waals surface area contributed by atoms with Crippen LogP contribution in [0.25, 0.3) is 15.7 Å². The van der Waals surface area contributed by atoms with Crippen molar-refractivity contribution in [1.82, 2.24) is 14.7 Å². The average molecular weight is 473 g/mol. The van der Waals surface area contributed by atoms with Gasteiger partial charge >= 0.3 is 6.18 Å². The van der Waals surface area contributed by atoms with Crippen molar-refractivity contribution in [3.05, 3.63) is 64.8 Å². The van der Waals surface area contributed by atoms with Crippen LogP contribution in [0.2, 0.25) is 0 Å². The number of anilines is 1. The lowest BCUT2D eigenvalue weighted by Gasteiger charge is -2.30. The van der Waals surface area contributed by atoms with Gasteiger partial charge in [0.25, 0.3) is 5.91 Å². The molecule has 3 heterocycles. The molecule has 1 saturated carbocycles. The molecule has 3 aromatic heterocycles. The first-order valence-electron chi connectivity index (χ1n) is 10.9. The molecule has 1 aliphatic carbocycles. The monoisotopic (exact) mass is 472 g/mol. The summed E-state index contributed by atoms with van der Waals surface area (Å²) < 4.78 is 41.7. The van der Waals surface area contributed by atoms with E-state index in [4.69, 9.17) is 0 Å². The van der Waals surface area contributed by atoms with Gasteiger partial charge in [-0.15, -0.1) is 11.3 Å². The van der Waals surface area contributed by atoms with Gasteiger partial charge in [-0.2, -0.15) is 13.2 Å². The molecule has 0 saturated heterocycles. The second-order valence-electron chi connectivity index (χ2n) is 8.58. The summed E-state index contributed by atoms with van der Waals surface area (Å²) in [5.74, 6) is 0.539.